The molecule has 0 spiro atoms. The molecule has 5 nitrogen and oxygen atoms in total. The minimum atomic E-state index is -3.64. The van der Waals surface area contributed by atoms with Crippen molar-refractivity contribution < 1.29 is 13.2 Å². The highest BCUT2D eigenvalue weighted by Gasteiger charge is 2.24. The SMILES string of the molecule is CC[C@H](NC(=O)CN(c1ccc(Cl)cc1C)S(C)(=O)=O)c1ccc(C)cc1C. The summed E-state index contributed by atoms with van der Waals surface area (Å²) >= 11 is 5.98. The van der Waals surface area contributed by atoms with Crippen LogP contribution in [0.4, 0.5) is 5.69 Å². The van der Waals surface area contributed by atoms with E-state index in [1.54, 1.807) is 25.1 Å². The third-order valence-corrected chi connectivity index (χ3v) is 6.02. The molecule has 1 atom stereocenters. The maximum absolute atomic E-state index is 12.7. The first-order valence-electron chi connectivity index (χ1n) is 9.13. The Labute approximate surface area is 172 Å². The number of anilines is 1. The largest absolute Gasteiger partial charge is 0.348 e. The van der Waals surface area contributed by atoms with Gasteiger partial charge in [-0.2, -0.15) is 0 Å². The van der Waals surface area contributed by atoms with Crippen LogP contribution in [0.15, 0.2) is 36.4 Å². The summed E-state index contributed by atoms with van der Waals surface area (Å²) in [5.41, 5.74) is 4.42. The molecule has 0 radical (unpaired) electrons. The summed E-state index contributed by atoms with van der Waals surface area (Å²) in [6, 6.07) is 10.8. The van der Waals surface area contributed by atoms with Crippen molar-refractivity contribution in [1.29, 1.82) is 0 Å². The summed E-state index contributed by atoms with van der Waals surface area (Å²) in [6.45, 7) is 7.50. The van der Waals surface area contributed by atoms with Gasteiger partial charge in [-0.05, 0) is 62.1 Å². The summed E-state index contributed by atoms with van der Waals surface area (Å²) in [7, 11) is -3.64. The fourth-order valence-corrected chi connectivity index (χ4v) is 4.41. The highest BCUT2D eigenvalue weighted by atomic mass is 35.5. The zero-order chi connectivity index (χ0) is 21.1. The van der Waals surface area contributed by atoms with Gasteiger partial charge in [-0.1, -0.05) is 42.3 Å². The molecule has 28 heavy (non-hydrogen) atoms. The maximum Gasteiger partial charge on any atom is 0.241 e. The van der Waals surface area contributed by atoms with Gasteiger partial charge in [0.25, 0.3) is 0 Å². The zero-order valence-electron chi connectivity index (χ0n) is 16.9. The molecule has 0 saturated heterocycles. The van der Waals surface area contributed by atoms with Gasteiger partial charge < -0.3 is 5.32 Å². The number of aryl methyl sites for hydroxylation is 3. The molecule has 2 aromatic carbocycles. The Bertz CT molecular complexity index is 974. The Morgan fingerprint density at radius 3 is 2.32 bits per heavy atom. The lowest BCUT2D eigenvalue weighted by molar-refractivity contribution is -0.120. The van der Waals surface area contributed by atoms with E-state index in [9.17, 15) is 13.2 Å². The molecular weight excluding hydrogens is 396 g/mol. The van der Waals surface area contributed by atoms with Crippen LogP contribution in [-0.2, 0) is 14.8 Å². The minimum absolute atomic E-state index is 0.180. The third kappa shape index (κ3) is 5.49. The summed E-state index contributed by atoms with van der Waals surface area (Å²) in [6.07, 6.45) is 1.80. The lowest BCUT2D eigenvalue weighted by atomic mass is 9.97. The second-order valence-corrected chi connectivity index (χ2v) is 9.43. The molecule has 0 aromatic heterocycles. The average molecular weight is 423 g/mol. The van der Waals surface area contributed by atoms with Crippen LogP contribution in [0, 0.1) is 20.8 Å². The number of amides is 1. The van der Waals surface area contributed by atoms with Gasteiger partial charge in [-0.25, -0.2) is 8.42 Å². The molecule has 0 fully saturated rings. The number of carbonyl (C=O) groups excluding carboxylic acids is 1. The molecule has 2 aromatic rings. The predicted octanol–water partition coefficient (Wildman–Crippen LogP) is 4.30. The number of benzene rings is 2. The number of carbonyl (C=O) groups is 1. The van der Waals surface area contributed by atoms with Crippen molar-refractivity contribution in [3.8, 4) is 0 Å². The lowest BCUT2D eigenvalue weighted by Crippen LogP contribution is -2.41. The Morgan fingerprint density at radius 2 is 1.79 bits per heavy atom. The Balaban J connectivity index is 2.26. The molecular formula is C21H27ClN2O3S. The number of nitrogens with one attached hydrogen (secondary N) is 1. The smallest absolute Gasteiger partial charge is 0.241 e. The molecule has 0 aliphatic carbocycles. The van der Waals surface area contributed by atoms with Crippen LogP contribution in [0.25, 0.3) is 0 Å². The van der Waals surface area contributed by atoms with Crippen molar-refractivity contribution in [3.63, 3.8) is 0 Å². The molecule has 0 aliphatic rings. The topological polar surface area (TPSA) is 66.5 Å². The molecule has 7 heteroatoms. The summed E-state index contributed by atoms with van der Waals surface area (Å²) in [4.78, 5) is 12.7. The van der Waals surface area contributed by atoms with Crippen LogP contribution >= 0.6 is 11.6 Å². The van der Waals surface area contributed by atoms with E-state index < -0.39 is 10.0 Å². The van der Waals surface area contributed by atoms with E-state index >= 15 is 0 Å². The summed E-state index contributed by atoms with van der Waals surface area (Å²) < 4.78 is 25.8. The standard InChI is InChI=1S/C21H27ClN2O3S/c1-6-19(18-9-7-14(2)11-15(18)3)23-21(25)13-24(28(5,26)27)20-10-8-17(22)12-16(20)4/h7-12,19H,6,13H2,1-5H3,(H,23,25)/t19-/m0/s1. The van der Waals surface area contributed by atoms with Crippen molar-refractivity contribution in [1.82, 2.24) is 5.32 Å². The van der Waals surface area contributed by atoms with Gasteiger partial charge >= 0.3 is 0 Å². The fourth-order valence-electron chi connectivity index (χ4n) is 3.27. The maximum atomic E-state index is 12.7. The first kappa shape index (κ1) is 22.2. The van der Waals surface area contributed by atoms with Crippen LogP contribution in [0.1, 0.15) is 41.6 Å². The van der Waals surface area contributed by atoms with E-state index in [2.05, 4.69) is 11.4 Å². The van der Waals surface area contributed by atoms with E-state index in [1.165, 1.54) is 0 Å². The van der Waals surface area contributed by atoms with E-state index in [0.29, 0.717) is 22.7 Å². The molecule has 0 saturated carbocycles. The van der Waals surface area contributed by atoms with E-state index in [-0.39, 0.29) is 18.5 Å². The number of nitrogens with zero attached hydrogens (tertiary/aromatic N) is 1. The minimum Gasteiger partial charge on any atom is -0.348 e. The van der Waals surface area contributed by atoms with E-state index in [1.807, 2.05) is 32.9 Å². The second-order valence-electron chi connectivity index (χ2n) is 7.09. The number of hydrogen-bond donors (Lipinski definition) is 1. The van der Waals surface area contributed by atoms with Gasteiger partial charge in [-0.3, -0.25) is 9.10 Å². The van der Waals surface area contributed by atoms with Gasteiger partial charge in [0.1, 0.15) is 6.54 Å². The zero-order valence-corrected chi connectivity index (χ0v) is 18.5. The highest BCUT2D eigenvalue weighted by molar-refractivity contribution is 7.92. The number of sulfonamides is 1. The third-order valence-electron chi connectivity index (χ3n) is 4.66. The van der Waals surface area contributed by atoms with Crippen LogP contribution < -0.4 is 9.62 Å². The first-order valence-corrected chi connectivity index (χ1v) is 11.4. The lowest BCUT2D eigenvalue weighted by Gasteiger charge is -2.26. The normalized spacial score (nSPS) is 12.5. The number of halogens is 1. The average Bonchev–Trinajstić information content (AvgIpc) is 2.58. The molecule has 1 N–H and O–H groups in total. The molecule has 0 heterocycles. The van der Waals surface area contributed by atoms with E-state index in [0.717, 1.165) is 27.3 Å². The number of hydrogen-bond acceptors (Lipinski definition) is 3. The van der Waals surface area contributed by atoms with Crippen molar-refractivity contribution in [2.24, 2.45) is 0 Å². The van der Waals surface area contributed by atoms with Crippen LogP contribution in [0.5, 0.6) is 0 Å². The van der Waals surface area contributed by atoms with Gasteiger partial charge in [-0.15, -0.1) is 0 Å². The number of rotatable bonds is 7. The van der Waals surface area contributed by atoms with Gasteiger partial charge in [0.2, 0.25) is 15.9 Å². The van der Waals surface area contributed by atoms with Crippen LogP contribution in [-0.4, -0.2) is 27.1 Å². The van der Waals surface area contributed by atoms with Crippen LogP contribution in [0.3, 0.4) is 0 Å². The summed E-state index contributed by atoms with van der Waals surface area (Å²) in [5.74, 6) is -0.355. The summed E-state index contributed by atoms with van der Waals surface area (Å²) in [5, 5.41) is 3.49. The second kappa shape index (κ2) is 8.97. The Morgan fingerprint density at radius 1 is 1.11 bits per heavy atom. The fraction of sp³-hybridized carbons (Fsp3) is 0.381. The first-order chi connectivity index (χ1) is 13.0. The van der Waals surface area contributed by atoms with Crippen molar-refractivity contribution in [2.75, 3.05) is 17.1 Å². The van der Waals surface area contributed by atoms with Gasteiger partial charge in [0.15, 0.2) is 0 Å². The molecule has 0 bridgehead atoms. The van der Waals surface area contributed by atoms with Crippen LogP contribution in [0.2, 0.25) is 5.02 Å². The van der Waals surface area contributed by atoms with Gasteiger partial charge in [0, 0.05) is 5.02 Å². The Kier molecular flexibility index (Phi) is 7.12. The monoisotopic (exact) mass is 422 g/mol. The molecule has 152 valence electrons. The van der Waals surface area contributed by atoms with Gasteiger partial charge in [0.05, 0.1) is 18.0 Å². The highest BCUT2D eigenvalue weighted by Crippen LogP contribution is 2.26. The predicted molar refractivity (Wildman–Crippen MR) is 115 cm³/mol. The van der Waals surface area contributed by atoms with E-state index in [4.69, 9.17) is 11.6 Å². The Hall–Kier alpha value is -2.05. The molecule has 0 unspecified atom stereocenters. The van der Waals surface area contributed by atoms with Crippen molar-refractivity contribution in [2.45, 2.75) is 40.2 Å². The molecule has 0 aliphatic heterocycles. The molecule has 1 amide bonds. The van der Waals surface area contributed by atoms with Crippen molar-refractivity contribution >= 4 is 33.2 Å². The quantitative estimate of drug-likeness (QED) is 0.723. The van der Waals surface area contributed by atoms with Crippen molar-refractivity contribution in [3.05, 3.63) is 63.7 Å². The molecule has 2 rings (SSSR count).